The van der Waals surface area contributed by atoms with Crippen molar-refractivity contribution in [2.75, 3.05) is 0 Å². The van der Waals surface area contributed by atoms with Crippen LogP contribution in [0.3, 0.4) is 0 Å². The fraction of sp³-hybridized carbons (Fsp3) is 0.400. The highest BCUT2D eigenvalue weighted by atomic mass is 16.3. The number of aliphatic hydroxyl groups excluding tert-OH is 1. The van der Waals surface area contributed by atoms with E-state index in [1.54, 1.807) is 0 Å². The summed E-state index contributed by atoms with van der Waals surface area (Å²) in [7, 11) is 0. The molecule has 21 heavy (non-hydrogen) atoms. The third-order valence-electron chi connectivity index (χ3n) is 3.93. The Morgan fingerprint density at radius 3 is 2.19 bits per heavy atom. The number of benzene rings is 2. The van der Waals surface area contributed by atoms with Crippen molar-refractivity contribution in [3.05, 3.63) is 70.3 Å². The van der Waals surface area contributed by atoms with E-state index in [1.165, 1.54) is 22.3 Å². The molecule has 1 heteroatoms. The van der Waals surface area contributed by atoms with Gasteiger partial charge in [0.1, 0.15) is 0 Å². The van der Waals surface area contributed by atoms with Crippen molar-refractivity contribution in [1.82, 2.24) is 0 Å². The third-order valence-corrected chi connectivity index (χ3v) is 3.93. The van der Waals surface area contributed by atoms with Gasteiger partial charge in [0.2, 0.25) is 0 Å². The maximum Gasteiger partial charge on any atom is 0.0830 e. The van der Waals surface area contributed by atoms with E-state index in [-0.39, 0.29) is 0 Å². The molecule has 1 nitrogen and oxygen atoms in total. The van der Waals surface area contributed by atoms with Crippen LogP contribution in [-0.4, -0.2) is 5.11 Å². The average molecular weight is 282 g/mol. The SMILES string of the molecule is Cc1ccc(C)c(CC(O)c2ccc(CC(C)C)cc2)c1. The molecule has 2 aromatic rings. The van der Waals surface area contributed by atoms with Crippen molar-refractivity contribution in [3.8, 4) is 0 Å². The lowest BCUT2D eigenvalue weighted by molar-refractivity contribution is 0.178. The van der Waals surface area contributed by atoms with Gasteiger partial charge in [-0.3, -0.25) is 0 Å². The molecule has 0 aliphatic heterocycles. The van der Waals surface area contributed by atoms with Gasteiger partial charge in [0.25, 0.3) is 0 Å². The molecule has 0 aromatic heterocycles. The van der Waals surface area contributed by atoms with Crippen molar-refractivity contribution in [2.24, 2.45) is 5.92 Å². The van der Waals surface area contributed by atoms with Gasteiger partial charge in [0, 0.05) is 6.42 Å². The van der Waals surface area contributed by atoms with E-state index in [0.717, 1.165) is 12.0 Å². The number of aryl methyl sites for hydroxylation is 2. The molecule has 0 radical (unpaired) electrons. The number of aliphatic hydroxyl groups is 1. The maximum atomic E-state index is 10.5. The second-order valence-corrected chi connectivity index (χ2v) is 6.49. The molecule has 0 amide bonds. The molecule has 2 rings (SSSR count). The molecule has 0 aliphatic carbocycles. The molecule has 0 heterocycles. The summed E-state index contributed by atoms with van der Waals surface area (Å²) in [5.41, 5.74) is 6.07. The summed E-state index contributed by atoms with van der Waals surface area (Å²) in [4.78, 5) is 0. The summed E-state index contributed by atoms with van der Waals surface area (Å²) in [5, 5.41) is 10.5. The zero-order valence-corrected chi connectivity index (χ0v) is 13.6. The molecule has 1 atom stereocenters. The molecule has 0 aliphatic rings. The van der Waals surface area contributed by atoms with Gasteiger partial charge in [-0.2, -0.15) is 0 Å². The minimum Gasteiger partial charge on any atom is -0.388 e. The van der Waals surface area contributed by atoms with Crippen LogP contribution in [0, 0.1) is 19.8 Å². The Bertz CT molecular complexity index is 581. The van der Waals surface area contributed by atoms with Gasteiger partial charge in [0.15, 0.2) is 0 Å². The molecular formula is C20H26O. The summed E-state index contributed by atoms with van der Waals surface area (Å²) >= 11 is 0. The fourth-order valence-corrected chi connectivity index (χ4v) is 2.69. The minimum atomic E-state index is -0.432. The summed E-state index contributed by atoms with van der Waals surface area (Å²) in [6.45, 7) is 8.65. The molecule has 2 aromatic carbocycles. The van der Waals surface area contributed by atoms with Gasteiger partial charge in [-0.1, -0.05) is 61.9 Å². The van der Waals surface area contributed by atoms with Gasteiger partial charge in [0.05, 0.1) is 6.10 Å². The first kappa shape index (κ1) is 15.8. The number of hydrogen-bond donors (Lipinski definition) is 1. The van der Waals surface area contributed by atoms with Gasteiger partial charge < -0.3 is 5.11 Å². The molecular weight excluding hydrogens is 256 g/mol. The number of hydrogen-bond acceptors (Lipinski definition) is 1. The normalized spacial score (nSPS) is 12.7. The van der Waals surface area contributed by atoms with Crippen LogP contribution < -0.4 is 0 Å². The zero-order valence-electron chi connectivity index (χ0n) is 13.6. The van der Waals surface area contributed by atoms with E-state index in [4.69, 9.17) is 0 Å². The molecule has 0 saturated carbocycles. The standard InChI is InChI=1S/C20H26O/c1-14(2)11-17-7-9-18(10-8-17)20(21)13-19-12-15(3)5-6-16(19)4/h5-10,12,14,20-21H,11,13H2,1-4H3. The second-order valence-electron chi connectivity index (χ2n) is 6.49. The van der Waals surface area contributed by atoms with Crippen LogP contribution in [0.4, 0.5) is 0 Å². The Labute approximate surface area is 128 Å². The van der Waals surface area contributed by atoms with Crippen molar-refractivity contribution >= 4 is 0 Å². The molecule has 0 bridgehead atoms. The van der Waals surface area contributed by atoms with Crippen molar-refractivity contribution < 1.29 is 5.11 Å². The van der Waals surface area contributed by atoms with Crippen LogP contribution >= 0.6 is 0 Å². The highest BCUT2D eigenvalue weighted by molar-refractivity contribution is 5.33. The lowest BCUT2D eigenvalue weighted by atomic mass is 9.95. The number of rotatable bonds is 5. The molecule has 1 N–H and O–H groups in total. The highest BCUT2D eigenvalue weighted by Crippen LogP contribution is 2.22. The van der Waals surface area contributed by atoms with E-state index < -0.39 is 6.10 Å². The van der Waals surface area contributed by atoms with E-state index in [0.29, 0.717) is 12.3 Å². The van der Waals surface area contributed by atoms with Gasteiger partial charge in [-0.05, 0) is 48.4 Å². The predicted octanol–water partition coefficient (Wildman–Crippen LogP) is 4.78. The molecule has 1 unspecified atom stereocenters. The van der Waals surface area contributed by atoms with Crippen LogP contribution in [0.1, 0.15) is 47.8 Å². The summed E-state index contributed by atoms with van der Waals surface area (Å²) in [6, 6.07) is 14.8. The fourth-order valence-electron chi connectivity index (χ4n) is 2.69. The molecule has 0 saturated heterocycles. The summed E-state index contributed by atoms with van der Waals surface area (Å²) in [5.74, 6) is 0.663. The van der Waals surface area contributed by atoms with Crippen molar-refractivity contribution in [1.29, 1.82) is 0 Å². The van der Waals surface area contributed by atoms with Crippen molar-refractivity contribution in [2.45, 2.75) is 46.6 Å². The summed E-state index contributed by atoms with van der Waals surface area (Å²) in [6.07, 6.45) is 1.34. The topological polar surface area (TPSA) is 20.2 Å². The van der Waals surface area contributed by atoms with E-state index in [1.807, 2.05) is 0 Å². The first-order chi connectivity index (χ1) is 9.95. The quantitative estimate of drug-likeness (QED) is 0.837. The smallest absolute Gasteiger partial charge is 0.0830 e. The van der Waals surface area contributed by atoms with Gasteiger partial charge in [-0.15, -0.1) is 0 Å². The summed E-state index contributed by atoms with van der Waals surface area (Å²) < 4.78 is 0. The van der Waals surface area contributed by atoms with E-state index in [9.17, 15) is 5.11 Å². The van der Waals surface area contributed by atoms with Crippen LogP contribution in [0.25, 0.3) is 0 Å². The average Bonchev–Trinajstić information content (AvgIpc) is 2.43. The maximum absolute atomic E-state index is 10.5. The van der Waals surface area contributed by atoms with Crippen molar-refractivity contribution in [3.63, 3.8) is 0 Å². The zero-order chi connectivity index (χ0) is 15.4. The van der Waals surface area contributed by atoms with E-state index >= 15 is 0 Å². The molecule has 0 fully saturated rings. The lowest BCUT2D eigenvalue weighted by Crippen LogP contribution is -2.04. The van der Waals surface area contributed by atoms with Crippen LogP contribution in [-0.2, 0) is 12.8 Å². The van der Waals surface area contributed by atoms with Gasteiger partial charge >= 0.3 is 0 Å². The Morgan fingerprint density at radius 1 is 0.905 bits per heavy atom. The predicted molar refractivity (Wildman–Crippen MR) is 89.6 cm³/mol. The Hall–Kier alpha value is -1.60. The lowest BCUT2D eigenvalue weighted by Gasteiger charge is -2.14. The third kappa shape index (κ3) is 4.44. The Morgan fingerprint density at radius 2 is 1.57 bits per heavy atom. The van der Waals surface area contributed by atoms with Crippen LogP contribution in [0.5, 0.6) is 0 Å². The monoisotopic (exact) mass is 282 g/mol. The molecule has 112 valence electrons. The van der Waals surface area contributed by atoms with E-state index in [2.05, 4.69) is 70.2 Å². The highest BCUT2D eigenvalue weighted by Gasteiger charge is 2.10. The van der Waals surface area contributed by atoms with Gasteiger partial charge in [-0.25, -0.2) is 0 Å². The first-order valence-corrected chi connectivity index (χ1v) is 7.78. The Kier molecular flexibility index (Phi) is 5.19. The first-order valence-electron chi connectivity index (χ1n) is 7.78. The molecule has 0 spiro atoms. The van der Waals surface area contributed by atoms with Crippen LogP contribution in [0.2, 0.25) is 0 Å². The Balaban J connectivity index is 2.09. The minimum absolute atomic E-state index is 0.432. The second kappa shape index (κ2) is 6.91. The largest absolute Gasteiger partial charge is 0.388 e. The van der Waals surface area contributed by atoms with Crippen LogP contribution in [0.15, 0.2) is 42.5 Å².